The summed E-state index contributed by atoms with van der Waals surface area (Å²) in [6.07, 6.45) is 0.305. The molecule has 0 spiro atoms. The highest BCUT2D eigenvalue weighted by Gasteiger charge is 2.28. The Morgan fingerprint density at radius 3 is 2.67 bits per heavy atom. The minimum absolute atomic E-state index is 0.0223. The number of anilines is 1. The number of hydrogen-bond acceptors (Lipinski definition) is 5. The first kappa shape index (κ1) is 19.4. The molecule has 1 aliphatic rings. The largest absolute Gasteiger partial charge is 0.355 e. The number of hydrogen-bond donors (Lipinski definition) is 2. The van der Waals surface area contributed by atoms with Crippen LogP contribution in [0, 0.1) is 5.82 Å². The molecule has 0 saturated carbocycles. The number of hydrazone groups is 1. The highest BCUT2D eigenvalue weighted by atomic mass is 35.5. The van der Waals surface area contributed by atoms with Gasteiger partial charge in [-0.25, -0.2) is 9.40 Å². The van der Waals surface area contributed by atoms with Crippen LogP contribution in [0.15, 0.2) is 47.6 Å². The number of halogens is 3. The van der Waals surface area contributed by atoms with Gasteiger partial charge in [0.25, 0.3) is 0 Å². The minimum atomic E-state index is -1.12. The molecular weight excluding hydrogens is 394 g/mol. The van der Waals surface area contributed by atoms with Crippen molar-refractivity contribution in [2.24, 2.45) is 5.10 Å². The third-order valence-corrected chi connectivity index (χ3v) is 4.65. The van der Waals surface area contributed by atoms with E-state index in [0.717, 1.165) is 0 Å². The van der Waals surface area contributed by atoms with Gasteiger partial charge in [-0.15, -0.1) is 0 Å². The van der Waals surface area contributed by atoms with Crippen LogP contribution in [0.4, 0.5) is 10.1 Å². The van der Waals surface area contributed by atoms with Gasteiger partial charge in [0.05, 0.1) is 11.1 Å². The molecular formula is C18H17Cl2FN4O2. The standard InChI is InChI=1S/C18H17Cl2FN4O2/c1-11(12-2-7-15(20)16(21)8-12)23-17(26)9-25-18(27)24(10-22-25)14-5-3-13(19)4-6-14/h2-8,10-11,18,27H,9H2,1H3,(H,23,26)/t11-,18?/m0/s1. The highest BCUT2D eigenvalue weighted by Crippen LogP contribution is 2.23. The number of aliphatic hydroxyl groups is 1. The van der Waals surface area contributed by atoms with Crippen molar-refractivity contribution >= 4 is 41.1 Å². The maximum atomic E-state index is 13.6. The number of nitrogens with zero attached hydrogens (tertiary/aromatic N) is 3. The highest BCUT2D eigenvalue weighted by molar-refractivity contribution is 6.31. The maximum Gasteiger partial charge on any atom is 0.241 e. The van der Waals surface area contributed by atoms with Crippen LogP contribution in [-0.4, -0.2) is 35.3 Å². The Kier molecular flexibility index (Phi) is 5.84. The molecule has 1 unspecified atom stereocenters. The third kappa shape index (κ3) is 4.50. The molecule has 6 nitrogen and oxygen atoms in total. The lowest BCUT2D eigenvalue weighted by atomic mass is 10.1. The first-order chi connectivity index (χ1) is 12.8. The molecule has 0 bridgehead atoms. The Labute approximate surface area is 165 Å². The van der Waals surface area contributed by atoms with Gasteiger partial charge in [0.1, 0.15) is 18.7 Å². The molecule has 0 radical (unpaired) electrons. The van der Waals surface area contributed by atoms with Gasteiger partial charge in [-0.1, -0.05) is 29.3 Å². The molecule has 142 valence electrons. The zero-order valence-corrected chi connectivity index (χ0v) is 15.8. The summed E-state index contributed by atoms with van der Waals surface area (Å²) in [5.41, 5.74) is 1.27. The summed E-state index contributed by atoms with van der Waals surface area (Å²) < 4.78 is 13.6. The van der Waals surface area contributed by atoms with Crippen LogP contribution in [-0.2, 0) is 4.79 Å². The number of aliphatic hydroxyl groups excluding tert-OH is 1. The molecule has 9 heteroatoms. The fourth-order valence-electron chi connectivity index (χ4n) is 2.62. The predicted octanol–water partition coefficient (Wildman–Crippen LogP) is 3.35. The van der Waals surface area contributed by atoms with Crippen LogP contribution in [0.3, 0.4) is 0 Å². The number of amides is 1. The molecule has 1 aliphatic heterocycles. The van der Waals surface area contributed by atoms with Crippen molar-refractivity contribution in [2.45, 2.75) is 19.3 Å². The summed E-state index contributed by atoms with van der Waals surface area (Å²) >= 11 is 11.5. The normalized spacial score (nSPS) is 17.3. The summed E-state index contributed by atoms with van der Waals surface area (Å²) in [4.78, 5) is 13.8. The Hall–Kier alpha value is -2.35. The smallest absolute Gasteiger partial charge is 0.241 e. The summed E-state index contributed by atoms with van der Waals surface area (Å²) in [7, 11) is 0. The molecule has 2 N–H and O–H groups in total. The summed E-state index contributed by atoms with van der Waals surface area (Å²) in [6, 6.07) is 10.8. The lowest BCUT2D eigenvalue weighted by Crippen LogP contribution is -2.44. The number of carbonyl (C=O) groups excluding carboxylic acids is 1. The first-order valence-electron chi connectivity index (χ1n) is 8.12. The monoisotopic (exact) mass is 410 g/mol. The van der Waals surface area contributed by atoms with Crippen LogP contribution < -0.4 is 10.2 Å². The topological polar surface area (TPSA) is 68.2 Å². The van der Waals surface area contributed by atoms with Gasteiger partial charge in [0, 0.05) is 10.7 Å². The summed E-state index contributed by atoms with van der Waals surface area (Å²) in [5.74, 6) is -0.916. The molecule has 2 aromatic rings. The summed E-state index contributed by atoms with van der Waals surface area (Å²) in [5, 5.41) is 19.0. The van der Waals surface area contributed by atoms with Crippen LogP contribution in [0.2, 0.25) is 10.0 Å². The van der Waals surface area contributed by atoms with E-state index in [0.29, 0.717) is 16.3 Å². The third-order valence-electron chi connectivity index (χ3n) is 4.09. The first-order valence-corrected chi connectivity index (χ1v) is 8.88. The molecule has 0 fully saturated rings. The predicted molar refractivity (Wildman–Crippen MR) is 103 cm³/mol. The van der Waals surface area contributed by atoms with E-state index < -0.39 is 18.2 Å². The Morgan fingerprint density at radius 2 is 2.00 bits per heavy atom. The zero-order chi connectivity index (χ0) is 19.6. The maximum absolute atomic E-state index is 13.6. The van der Waals surface area contributed by atoms with E-state index in [1.807, 2.05) is 0 Å². The van der Waals surface area contributed by atoms with Crippen molar-refractivity contribution in [3.05, 3.63) is 63.9 Å². The number of rotatable bonds is 5. The van der Waals surface area contributed by atoms with Gasteiger partial charge in [-0.3, -0.25) is 9.69 Å². The molecule has 0 aromatic heterocycles. The minimum Gasteiger partial charge on any atom is -0.355 e. The second-order valence-electron chi connectivity index (χ2n) is 6.02. The molecule has 1 amide bonds. The van der Waals surface area contributed by atoms with Crippen molar-refractivity contribution in [1.82, 2.24) is 10.3 Å². The van der Waals surface area contributed by atoms with Crippen molar-refractivity contribution in [1.29, 1.82) is 0 Å². The van der Waals surface area contributed by atoms with Gasteiger partial charge in [-0.2, -0.15) is 5.10 Å². The lowest BCUT2D eigenvalue weighted by Gasteiger charge is -2.26. The van der Waals surface area contributed by atoms with Crippen LogP contribution in [0.5, 0.6) is 0 Å². The molecule has 2 aromatic carbocycles. The fraction of sp³-hybridized carbons (Fsp3) is 0.222. The molecule has 2 atom stereocenters. The molecule has 0 saturated heterocycles. The van der Waals surface area contributed by atoms with E-state index in [4.69, 9.17) is 23.2 Å². The molecule has 0 aliphatic carbocycles. The Bertz CT molecular complexity index is 863. The van der Waals surface area contributed by atoms with E-state index in [-0.39, 0.29) is 17.5 Å². The van der Waals surface area contributed by atoms with E-state index in [1.54, 1.807) is 37.3 Å². The van der Waals surface area contributed by atoms with E-state index in [2.05, 4.69) is 10.4 Å². The van der Waals surface area contributed by atoms with E-state index >= 15 is 0 Å². The van der Waals surface area contributed by atoms with E-state index in [9.17, 15) is 14.3 Å². The second kappa shape index (κ2) is 8.12. The number of nitrogens with one attached hydrogen (secondary N) is 1. The van der Waals surface area contributed by atoms with Crippen molar-refractivity contribution in [3.63, 3.8) is 0 Å². The van der Waals surface area contributed by atoms with Gasteiger partial charge in [0.15, 0.2) is 0 Å². The van der Waals surface area contributed by atoms with Gasteiger partial charge < -0.3 is 10.4 Å². The average Bonchev–Trinajstić information content (AvgIpc) is 2.98. The lowest BCUT2D eigenvalue weighted by molar-refractivity contribution is -0.125. The Balaban J connectivity index is 1.58. The SMILES string of the molecule is C[C@H](NC(=O)CN1N=CN(c2ccc(Cl)cc2)C1O)c1ccc(Cl)c(F)c1. The van der Waals surface area contributed by atoms with Crippen LogP contribution in [0.1, 0.15) is 18.5 Å². The fourth-order valence-corrected chi connectivity index (χ4v) is 2.86. The van der Waals surface area contributed by atoms with Crippen LogP contribution >= 0.6 is 23.2 Å². The van der Waals surface area contributed by atoms with Gasteiger partial charge in [0.2, 0.25) is 12.3 Å². The van der Waals surface area contributed by atoms with Crippen LogP contribution in [0.25, 0.3) is 0 Å². The molecule has 27 heavy (non-hydrogen) atoms. The zero-order valence-electron chi connectivity index (χ0n) is 14.3. The Morgan fingerprint density at radius 1 is 1.30 bits per heavy atom. The average molecular weight is 411 g/mol. The van der Waals surface area contributed by atoms with Crippen molar-refractivity contribution in [2.75, 3.05) is 11.4 Å². The molecule has 1 heterocycles. The molecule has 3 rings (SSSR count). The van der Waals surface area contributed by atoms with Crippen molar-refractivity contribution in [3.8, 4) is 0 Å². The van der Waals surface area contributed by atoms with Gasteiger partial charge >= 0.3 is 0 Å². The number of benzene rings is 2. The van der Waals surface area contributed by atoms with Crippen molar-refractivity contribution < 1.29 is 14.3 Å². The number of carbonyl (C=O) groups is 1. The van der Waals surface area contributed by atoms with Gasteiger partial charge in [-0.05, 0) is 48.9 Å². The quantitative estimate of drug-likeness (QED) is 0.792. The van der Waals surface area contributed by atoms with E-state index in [1.165, 1.54) is 28.4 Å². The second-order valence-corrected chi connectivity index (χ2v) is 6.87. The summed E-state index contributed by atoms with van der Waals surface area (Å²) in [6.45, 7) is 1.56.